The second-order valence-electron chi connectivity index (χ2n) is 5.57. The molecule has 0 aliphatic carbocycles. The predicted octanol–water partition coefficient (Wildman–Crippen LogP) is 2.29. The molecule has 0 aromatic heterocycles. The number of benzene rings is 1. The van der Waals surface area contributed by atoms with Gasteiger partial charge in [0.05, 0.1) is 14.2 Å². The van der Waals surface area contributed by atoms with Gasteiger partial charge in [-0.25, -0.2) is 0 Å². The minimum atomic E-state index is -0.0657. The fourth-order valence-corrected chi connectivity index (χ4v) is 2.77. The summed E-state index contributed by atoms with van der Waals surface area (Å²) in [5, 5.41) is 2.92. The van der Waals surface area contributed by atoms with Crippen LogP contribution in [0.15, 0.2) is 18.2 Å². The highest BCUT2D eigenvalue weighted by Crippen LogP contribution is 2.30. The van der Waals surface area contributed by atoms with Gasteiger partial charge in [-0.15, -0.1) is 0 Å². The van der Waals surface area contributed by atoms with Crippen LogP contribution in [0.1, 0.15) is 26.2 Å². The Kier molecular flexibility index (Phi) is 5.84. The summed E-state index contributed by atoms with van der Waals surface area (Å²) in [6, 6.07) is 5.29. The van der Waals surface area contributed by atoms with Crippen molar-refractivity contribution in [3.63, 3.8) is 0 Å². The van der Waals surface area contributed by atoms with Gasteiger partial charge < -0.3 is 19.7 Å². The van der Waals surface area contributed by atoms with Crippen molar-refractivity contribution in [2.75, 3.05) is 32.6 Å². The summed E-state index contributed by atoms with van der Waals surface area (Å²) in [5.74, 6) is 1.28. The molecule has 1 aromatic carbocycles. The quantitative estimate of drug-likeness (QED) is 0.904. The van der Waals surface area contributed by atoms with E-state index in [1.807, 2.05) is 11.8 Å². The number of hydrogen-bond acceptors (Lipinski definition) is 4. The van der Waals surface area contributed by atoms with E-state index in [-0.39, 0.29) is 17.7 Å². The van der Waals surface area contributed by atoms with E-state index in [9.17, 15) is 9.59 Å². The molecule has 0 radical (unpaired) electrons. The summed E-state index contributed by atoms with van der Waals surface area (Å²) in [5.41, 5.74) is 0.680. The van der Waals surface area contributed by atoms with Crippen molar-refractivity contribution in [2.24, 2.45) is 5.92 Å². The summed E-state index contributed by atoms with van der Waals surface area (Å²) in [4.78, 5) is 25.9. The van der Waals surface area contributed by atoms with E-state index < -0.39 is 0 Å². The number of carbonyl (C=O) groups excluding carboxylic acids is 2. The van der Waals surface area contributed by atoms with E-state index in [1.165, 1.54) is 0 Å². The van der Waals surface area contributed by atoms with Gasteiger partial charge >= 0.3 is 0 Å². The van der Waals surface area contributed by atoms with E-state index in [0.29, 0.717) is 49.5 Å². The maximum Gasteiger partial charge on any atom is 0.227 e. The number of carbonyl (C=O) groups is 2. The van der Waals surface area contributed by atoms with Crippen LogP contribution in [0.25, 0.3) is 0 Å². The molecule has 0 spiro atoms. The number of methoxy groups -OCH3 is 2. The first kappa shape index (κ1) is 17.1. The third kappa shape index (κ3) is 4.15. The number of likely N-dealkylation sites (tertiary alicyclic amines) is 1. The highest BCUT2D eigenvalue weighted by atomic mass is 16.5. The van der Waals surface area contributed by atoms with E-state index in [0.717, 1.165) is 0 Å². The molecule has 1 aliphatic heterocycles. The molecule has 0 saturated carbocycles. The Balaban J connectivity index is 1.94. The van der Waals surface area contributed by atoms with Crippen LogP contribution in [0.5, 0.6) is 11.5 Å². The van der Waals surface area contributed by atoms with Gasteiger partial charge in [0, 0.05) is 37.2 Å². The lowest BCUT2D eigenvalue weighted by Gasteiger charge is -2.31. The van der Waals surface area contributed by atoms with Gasteiger partial charge in [0.2, 0.25) is 11.8 Å². The van der Waals surface area contributed by atoms with Crippen molar-refractivity contribution in [2.45, 2.75) is 26.2 Å². The number of rotatable bonds is 5. The van der Waals surface area contributed by atoms with Gasteiger partial charge in [-0.2, -0.15) is 0 Å². The number of nitrogens with one attached hydrogen (secondary N) is 1. The largest absolute Gasteiger partial charge is 0.493 e. The monoisotopic (exact) mass is 320 g/mol. The molecule has 0 bridgehead atoms. The van der Waals surface area contributed by atoms with Gasteiger partial charge in [0.25, 0.3) is 0 Å². The van der Waals surface area contributed by atoms with Gasteiger partial charge in [-0.3, -0.25) is 9.59 Å². The standard InChI is InChI=1S/C17H24N2O4/c1-4-16(20)19-9-7-12(8-10-19)17(21)18-13-5-6-14(22-2)15(11-13)23-3/h5-6,11-12H,4,7-10H2,1-3H3,(H,18,21). The molecular weight excluding hydrogens is 296 g/mol. The number of ether oxygens (including phenoxy) is 2. The number of piperidine rings is 1. The summed E-state index contributed by atoms with van der Waals surface area (Å²) in [6.45, 7) is 3.16. The van der Waals surface area contributed by atoms with Crippen LogP contribution in [0.2, 0.25) is 0 Å². The van der Waals surface area contributed by atoms with E-state index in [2.05, 4.69) is 5.32 Å². The van der Waals surface area contributed by atoms with Gasteiger partial charge in [-0.1, -0.05) is 6.92 Å². The number of hydrogen-bond donors (Lipinski definition) is 1. The highest BCUT2D eigenvalue weighted by Gasteiger charge is 2.26. The number of anilines is 1. The van der Waals surface area contributed by atoms with E-state index >= 15 is 0 Å². The molecule has 23 heavy (non-hydrogen) atoms. The molecule has 1 aromatic rings. The Labute approximate surface area is 136 Å². The Morgan fingerprint density at radius 3 is 2.39 bits per heavy atom. The smallest absolute Gasteiger partial charge is 0.227 e. The number of nitrogens with zero attached hydrogens (tertiary/aromatic N) is 1. The lowest BCUT2D eigenvalue weighted by Crippen LogP contribution is -2.41. The molecule has 1 saturated heterocycles. The van der Waals surface area contributed by atoms with Gasteiger partial charge in [0.15, 0.2) is 11.5 Å². The fourth-order valence-electron chi connectivity index (χ4n) is 2.77. The second-order valence-corrected chi connectivity index (χ2v) is 5.57. The molecule has 2 rings (SSSR count). The molecule has 1 aliphatic rings. The third-order valence-electron chi connectivity index (χ3n) is 4.17. The molecule has 6 nitrogen and oxygen atoms in total. The van der Waals surface area contributed by atoms with Crippen LogP contribution in [0.4, 0.5) is 5.69 Å². The van der Waals surface area contributed by atoms with Crippen LogP contribution in [-0.2, 0) is 9.59 Å². The SMILES string of the molecule is CCC(=O)N1CCC(C(=O)Nc2ccc(OC)c(OC)c2)CC1. The molecule has 1 N–H and O–H groups in total. The van der Waals surface area contributed by atoms with Crippen molar-refractivity contribution in [3.05, 3.63) is 18.2 Å². The highest BCUT2D eigenvalue weighted by molar-refractivity contribution is 5.93. The molecule has 1 fully saturated rings. The summed E-state index contributed by atoms with van der Waals surface area (Å²) < 4.78 is 10.4. The Morgan fingerprint density at radius 2 is 1.83 bits per heavy atom. The van der Waals surface area contributed by atoms with Crippen molar-refractivity contribution >= 4 is 17.5 Å². The summed E-state index contributed by atoms with van der Waals surface area (Å²) in [7, 11) is 3.13. The first-order valence-corrected chi connectivity index (χ1v) is 7.89. The number of amides is 2. The normalized spacial score (nSPS) is 15.2. The maximum absolute atomic E-state index is 12.4. The molecule has 2 amide bonds. The van der Waals surface area contributed by atoms with E-state index in [1.54, 1.807) is 32.4 Å². The average Bonchev–Trinajstić information content (AvgIpc) is 2.60. The molecule has 6 heteroatoms. The van der Waals surface area contributed by atoms with Gasteiger partial charge in [0.1, 0.15) is 0 Å². The van der Waals surface area contributed by atoms with Crippen LogP contribution in [0.3, 0.4) is 0 Å². The zero-order valence-corrected chi connectivity index (χ0v) is 13.9. The van der Waals surface area contributed by atoms with Crippen LogP contribution >= 0.6 is 0 Å². The van der Waals surface area contributed by atoms with Crippen molar-refractivity contribution in [1.82, 2.24) is 4.90 Å². The zero-order chi connectivity index (χ0) is 16.8. The predicted molar refractivity (Wildman–Crippen MR) is 87.8 cm³/mol. The lowest BCUT2D eigenvalue weighted by atomic mass is 9.95. The minimum absolute atomic E-state index is 0.0131. The Hall–Kier alpha value is -2.24. The van der Waals surface area contributed by atoms with Crippen molar-refractivity contribution in [1.29, 1.82) is 0 Å². The zero-order valence-electron chi connectivity index (χ0n) is 13.9. The molecule has 0 unspecified atom stereocenters. The van der Waals surface area contributed by atoms with Gasteiger partial charge in [-0.05, 0) is 25.0 Å². The van der Waals surface area contributed by atoms with Crippen LogP contribution < -0.4 is 14.8 Å². The van der Waals surface area contributed by atoms with Crippen LogP contribution in [-0.4, -0.2) is 44.0 Å². The molecule has 0 atom stereocenters. The molecular formula is C17H24N2O4. The molecule has 126 valence electrons. The third-order valence-corrected chi connectivity index (χ3v) is 4.17. The Morgan fingerprint density at radius 1 is 1.17 bits per heavy atom. The summed E-state index contributed by atoms with van der Waals surface area (Å²) in [6.07, 6.45) is 1.91. The minimum Gasteiger partial charge on any atom is -0.493 e. The first-order chi connectivity index (χ1) is 11.1. The lowest BCUT2D eigenvalue weighted by molar-refractivity contribution is -0.134. The van der Waals surface area contributed by atoms with E-state index in [4.69, 9.17) is 9.47 Å². The van der Waals surface area contributed by atoms with Crippen LogP contribution in [0, 0.1) is 5.92 Å². The summed E-state index contributed by atoms with van der Waals surface area (Å²) >= 11 is 0. The van der Waals surface area contributed by atoms with Crippen molar-refractivity contribution < 1.29 is 19.1 Å². The fraction of sp³-hybridized carbons (Fsp3) is 0.529. The van der Waals surface area contributed by atoms with Crippen molar-refractivity contribution in [3.8, 4) is 11.5 Å². The molecule has 1 heterocycles. The second kappa shape index (κ2) is 7.85. The first-order valence-electron chi connectivity index (χ1n) is 7.89. The maximum atomic E-state index is 12.4. The topological polar surface area (TPSA) is 67.9 Å². The average molecular weight is 320 g/mol. The Bertz CT molecular complexity index is 566.